The average molecular weight is 547 g/mol. The van der Waals surface area contributed by atoms with Crippen molar-refractivity contribution in [2.75, 3.05) is 0 Å². The van der Waals surface area contributed by atoms with Crippen LogP contribution in [-0.4, -0.2) is 24.5 Å². The smallest absolute Gasteiger partial charge is 0.333 e. The van der Waals surface area contributed by atoms with Crippen molar-refractivity contribution in [1.82, 2.24) is 0 Å². The van der Waals surface area contributed by atoms with Crippen LogP contribution in [-0.2, 0) is 24.5 Å². The van der Waals surface area contributed by atoms with Gasteiger partial charge in [0.2, 0.25) is 12.6 Å². The lowest BCUT2D eigenvalue weighted by molar-refractivity contribution is -0.156. The lowest BCUT2D eigenvalue weighted by atomic mass is 9.68. The zero-order chi connectivity index (χ0) is 29.0. The first kappa shape index (κ1) is 27.5. The second-order valence-electron chi connectivity index (χ2n) is 9.54. The van der Waals surface area contributed by atoms with Crippen LogP contribution in [0.2, 0.25) is 0 Å². The van der Waals surface area contributed by atoms with Crippen molar-refractivity contribution in [2.24, 2.45) is 0 Å². The van der Waals surface area contributed by atoms with E-state index in [1.165, 1.54) is 11.1 Å². The van der Waals surface area contributed by atoms with Gasteiger partial charge in [-0.15, -0.1) is 0 Å². The van der Waals surface area contributed by atoms with Crippen LogP contribution in [0.25, 0.3) is 11.1 Å². The van der Waals surface area contributed by atoms with Crippen molar-refractivity contribution in [1.29, 1.82) is 0 Å². The van der Waals surface area contributed by atoms with Gasteiger partial charge < -0.3 is 18.9 Å². The van der Waals surface area contributed by atoms with E-state index >= 15 is 0 Å². The molecule has 0 N–H and O–H groups in total. The Morgan fingerprint density at radius 2 is 0.976 bits per heavy atom. The van der Waals surface area contributed by atoms with Gasteiger partial charge in [-0.05, 0) is 57.6 Å². The van der Waals surface area contributed by atoms with E-state index in [2.05, 4.69) is 61.7 Å². The van der Waals surface area contributed by atoms with E-state index in [0.717, 1.165) is 34.4 Å². The van der Waals surface area contributed by atoms with Gasteiger partial charge in [-0.25, -0.2) is 9.59 Å². The lowest BCUT2D eigenvalue weighted by Gasteiger charge is -2.34. The maximum Gasteiger partial charge on any atom is 0.333 e. The molecule has 0 amide bonds. The fourth-order valence-electron chi connectivity index (χ4n) is 5.45. The summed E-state index contributed by atoms with van der Waals surface area (Å²) in [4.78, 5) is 23.1. The molecular formula is C35H30O6. The SMILES string of the molecule is C=CC(=O)OC(C)Oc1ccc(C2(c3ccc(OC(C)OC(=O)C=C)cc3)c3ccccc3-c3ccccc32)cc1. The summed E-state index contributed by atoms with van der Waals surface area (Å²) < 4.78 is 22.0. The van der Waals surface area contributed by atoms with Crippen LogP contribution in [0.1, 0.15) is 36.1 Å². The Morgan fingerprint density at radius 3 is 1.34 bits per heavy atom. The molecule has 206 valence electrons. The Hall–Kier alpha value is -5.10. The Morgan fingerprint density at radius 1 is 0.610 bits per heavy atom. The molecule has 0 radical (unpaired) electrons. The fraction of sp³-hybridized carbons (Fsp3) is 0.143. The monoisotopic (exact) mass is 546 g/mol. The van der Waals surface area contributed by atoms with Crippen molar-refractivity contribution in [3.8, 4) is 22.6 Å². The van der Waals surface area contributed by atoms with Crippen molar-refractivity contribution in [3.63, 3.8) is 0 Å². The third kappa shape index (κ3) is 5.24. The number of benzene rings is 4. The van der Waals surface area contributed by atoms with Gasteiger partial charge in [-0.2, -0.15) is 0 Å². The summed E-state index contributed by atoms with van der Waals surface area (Å²) in [5.41, 5.74) is 6.11. The first-order valence-electron chi connectivity index (χ1n) is 13.3. The minimum atomic E-state index is -0.770. The van der Waals surface area contributed by atoms with E-state index in [1.807, 2.05) is 48.5 Å². The molecule has 0 aliphatic heterocycles. The molecule has 1 aliphatic rings. The van der Waals surface area contributed by atoms with Gasteiger partial charge in [0.1, 0.15) is 11.5 Å². The second kappa shape index (κ2) is 11.6. The number of hydrogen-bond donors (Lipinski definition) is 0. The van der Waals surface area contributed by atoms with Crippen LogP contribution in [0.15, 0.2) is 122 Å². The fourth-order valence-corrected chi connectivity index (χ4v) is 5.45. The first-order chi connectivity index (χ1) is 19.9. The van der Waals surface area contributed by atoms with Gasteiger partial charge in [0.05, 0.1) is 5.41 Å². The number of carbonyl (C=O) groups is 2. The summed E-state index contributed by atoms with van der Waals surface area (Å²) in [5.74, 6) is 0.0418. The van der Waals surface area contributed by atoms with Gasteiger partial charge in [0, 0.05) is 26.0 Å². The predicted molar refractivity (Wildman–Crippen MR) is 157 cm³/mol. The van der Waals surface area contributed by atoms with Crippen LogP contribution in [0.3, 0.4) is 0 Å². The molecule has 4 aromatic rings. The molecule has 0 saturated carbocycles. The molecular weight excluding hydrogens is 516 g/mol. The largest absolute Gasteiger partial charge is 0.455 e. The van der Waals surface area contributed by atoms with Gasteiger partial charge in [-0.3, -0.25) is 0 Å². The summed E-state index contributed by atoms with van der Waals surface area (Å²) in [6.07, 6.45) is 0.668. The third-order valence-corrected chi connectivity index (χ3v) is 7.03. The van der Waals surface area contributed by atoms with Gasteiger partial charge >= 0.3 is 11.9 Å². The summed E-state index contributed by atoms with van der Waals surface area (Å²) in [5, 5.41) is 0. The van der Waals surface area contributed by atoms with Crippen molar-refractivity contribution in [2.45, 2.75) is 31.8 Å². The van der Waals surface area contributed by atoms with Crippen LogP contribution >= 0.6 is 0 Å². The summed E-state index contributed by atoms with van der Waals surface area (Å²) in [7, 11) is 0. The van der Waals surface area contributed by atoms with Gasteiger partial charge in [-0.1, -0.05) is 86.0 Å². The zero-order valence-electron chi connectivity index (χ0n) is 22.9. The Kier molecular flexibility index (Phi) is 7.74. The standard InChI is InChI=1S/C35H30O6/c1-5-33(36)40-23(3)38-27-19-15-25(16-20-27)35(26-17-21-28(22-18-26)39-24(4)41-34(37)6-2)31-13-9-7-11-29(31)30-12-8-10-14-32(30)35/h5-24H,1-2H2,3-4H3. The second-order valence-corrected chi connectivity index (χ2v) is 9.54. The number of rotatable bonds is 10. The van der Waals surface area contributed by atoms with Crippen molar-refractivity contribution in [3.05, 3.63) is 145 Å². The van der Waals surface area contributed by atoms with E-state index in [4.69, 9.17) is 18.9 Å². The first-order valence-corrected chi connectivity index (χ1v) is 13.3. The van der Waals surface area contributed by atoms with E-state index < -0.39 is 29.9 Å². The molecule has 41 heavy (non-hydrogen) atoms. The number of hydrogen-bond acceptors (Lipinski definition) is 6. The van der Waals surface area contributed by atoms with E-state index in [9.17, 15) is 9.59 Å². The third-order valence-electron chi connectivity index (χ3n) is 7.03. The molecule has 0 saturated heterocycles. The highest BCUT2D eigenvalue weighted by molar-refractivity contribution is 5.86. The van der Waals surface area contributed by atoms with Gasteiger partial charge in [0.25, 0.3) is 0 Å². The molecule has 0 fully saturated rings. The summed E-state index contributed by atoms with van der Waals surface area (Å²) in [6, 6.07) is 32.5. The number of esters is 2. The predicted octanol–water partition coefficient (Wildman–Crippen LogP) is 6.96. The molecule has 0 spiro atoms. The molecule has 0 heterocycles. The number of fused-ring (bicyclic) bond motifs is 3. The van der Waals surface area contributed by atoms with E-state index in [1.54, 1.807) is 13.8 Å². The maximum absolute atomic E-state index is 11.6. The molecule has 2 atom stereocenters. The summed E-state index contributed by atoms with van der Waals surface area (Å²) >= 11 is 0. The van der Waals surface area contributed by atoms with Crippen LogP contribution in [0.4, 0.5) is 0 Å². The van der Waals surface area contributed by atoms with Crippen LogP contribution in [0.5, 0.6) is 11.5 Å². The number of carbonyl (C=O) groups excluding carboxylic acids is 2. The Labute approximate surface area is 239 Å². The highest BCUT2D eigenvalue weighted by Crippen LogP contribution is 2.56. The van der Waals surface area contributed by atoms with E-state index in [0.29, 0.717) is 11.5 Å². The van der Waals surface area contributed by atoms with Crippen molar-refractivity contribution < 1.29 is 28.5 Å². The van der Waals surface area contributed by atoms with Crippen molar-refractivity contribution >= 4 is 11.9 Å². The molecule has 1 aliphatic carbocycles. The Bertz CT molecular complexity index is 1470. The van der Waals surface area contributed by atoms with Gasteiger partial charge in [0.15, 0.2) is 0 Å². The molecule has 0 bridgehead atoms. The molecule has 5 rings (SSSR count). The molecule has 0 aromatic heterocycles. The molecule has 6 heteroatoms. The van der Waals surface area contributed by atoms with Crippen LogP contribution in [0, 0.1) is 0 Å². The minimum absolute atomic E-state index is 0.548. The highest BCUT2D eigenvalue weighted by atomic mass is 16.7. The van der Waals surface area contributed by atoms with E-state index in [-0.39, 0.29) is 0 Å². The molecule has 6 nitrogen and oxygen atoms in total. The highest BCUT2D eigenvalue weighted by Gasteiger charge is 2.45. The zero-order valence-corrected chi connectivity index (χ0v) is 22.9. The molecule has 4 aromatic carbocycles. The maximum atomic E-state index is 11.6. The minimum Gasteiger partial charge on any atom is -0.455 e. The average Bonchev–Trinajstić information content (AvgIpc) is 3.29. The lowest BCUT2D eigenvalue weighted by Crippen LogP contribution is -2.28. The topological polar surface area (TPSA) is 71.1 Å². The summed E-state index contributed by atoms with van der Waals surface area (Å²) in [6.45, 7) is 10.2. The quantitative estimate of drug-likeness (QED) is 0.107. The van der Waals surface area contributed by atoms with Crippen LogP contribution < -0.4 is 9.47 Å². The molecule has 2 unspecified atom stereocenters. The Balaban J connectivity index is 1.57. The number of ether oxygens (including phenoxy) is 4. The normalized spacial score (nSPS) is 14.0.